The van der Waals surface area contributed by atoms with E-state index in [1.165, 1.54) is 0 Å². The molecule has 2 rings (SSSR count). The van der Waals surface area contributed by atoms with Gasteiger partial charge >= 0.3 is 0 Å². The van der Waals surface area contributed by atoms with Crippen molar-refractivity contribution >= 4 is 11.3 Å². The van der Waals surface area contributed by atoms with Crippen LogP contribution in [0.15, 0.2) is 30.6 Å². The molecule has 2 heterocycles. The third-order valence-electron chi connectivity index (χ3n) is 2.35. The molecule has 0 aliphatic heterocycles. The van der Waals surface area contributed by atoms with Gasteiger partial charge in [0, 0.05) is 11.8 Å². The van der Waals surface area contributed by atoms with Crippen molar-refractivity contribution in [2.75, 3.05) is 13.7 Å². The summed E-state index contributed by atoms with van der Waals surface area (Å²) in [4.78, 5) is 11.5. The Hall–Kier alpha value is -1.81. The molecule has 0 amide bonds. The number of carbonyl (C=O) groups excluding carboxylic acids is 1. The zero-order valence-corrected chi connectivity index (χ0v) is 8.43. The smallest absolute Gasteiger partial charge is 0.178 e. The van der Waals surface area contributed by atoms with Gasteiger partial charge in [0.2, 0.25) is 0 Å². The maximum Gasteiger partial charge on any atom is 0.178 e. The highest BCUT2D eigenvalue weighted by atomic mass is 16.5. The minimum Gasteiger partial charge on any atom is -0.495 e. The number of rotatable bonds is 3. The molecule has 2 aromatic rings. The molecular formula is C11H12N2O2. The molecule has 0 spiro atoms. The average molecular weight is 204 g/mol. The van der Waals surface area contributed by atoms with Gasteiger partial charge in [-0.1, -0.05) is 0 Å². The fourth-order valence-electron chi connectivity index (χ4n) is 1.56. The lowest BCUT2D eigenvalue weighted by atomic mass is 10.2. The number of fused-ring (bicyclic) bond motifs is 1. The van der Waals surface area contributed by atoms with Gasteiger partial charge in [-0.05, 0) is 18.2 Å². The number of carbonyl (C=O) groups is 1. The molecule has 0 aliphatic carbocycles. The van der Waals surface area contributed by atoms with Crippen molar-refractivity contribution in [3.63, 3.8) is 0 Å². The summed E-state index contributed by atoms with van der Waals surface area (Å²) in [7, 11) is 1.61. The SMILES string of the molecule is COc1ccc2c(C(=O)CN)ccn2c1. The number of nitrogens with zero attached hydrogens (tertiary/aromatic N) is 1. The largest absolute Gasteiger partial charge is 0.495 e. The van der Waals surface area contributed by atoms with Crippen LogP contribution in [-0.4, -0.2) is 23.8 Å². The van der Waals surface area contributed by atoms with Crippen molar-refractivity contribution in [2.24, 2.45) is 5.73 Å². The molecule has 2 N–H and O–H groups in total. The monoisotopic (exact) mass is 204 g/mol. The van der Waals surface area contributed by atoms with E-state index in [1.54, 1.807) is 13.2 Å². The zero-order chi connectivity index (χ0) is 10.8. The standard InChI is InChI=1S/C11H12N2O2/c1-15-8-2-3-10-9(11(14)6-12)4-5-13(10)7-8/h2-5,7H,6,12H2,1H3. The van der Waals surface area contributed by atoms with Crippen molar-refractivity contribution in [2.45, 2.75) is 0 Å². The van der Waals surface area contributed by atoms with Gasteiger partial charge in [0.15, 0.2) is 5.78 Å². The van der Waals surface area contributed by atoms with Crippen LogP contribution in [0.2, 0.25) is 0 Å². The highest BCUT2D eigenvalue weighted by Crippen LogP contribution is 2.17. The number of Topliss-reactive ketones (excluding diaryl/α,β-unsaturated/α-hetero) is 1. The molecule has 0 bridgehead atoms. The van der Waals surface area contributed by atoms with E-state index in [0.717, 1.165) is 11.3 Å². The first-order valence-electron chi connectivity index (χ1n) is 4.64. The molecule has 0 unspecified atom stereocenters. The second-order valence-corrected chi connectivity index (χ2v) is 3.22. The summed E-state index contributed by atoms with van der Waals surface area (Å²) in [5.41, 5.74) is 6.83. The lowest BCUT2D eigenvalue weighted by molar-refractivity contribution is 0.100. The molecule has 0 aliphatic rings. The number of ketones is 1. The summed E-state index contributed by atoms with van der Waals surface area (Å²) < 4.78 is 6.94. The first kappa shape index (κ1) is 9.73. The van der Waals surface area contributed by atoms with Crippen LogP contribution in [-0.2, 0) is 0 Å². The molecular weight excluding hydrogens is 192 g/mol. The highest BCUT2D eigenvalue weighted by Gasteiger charge is 2.09. The van der Waals surface area contributed by atoms with E-state index >= 15 is 0 Å². The third kappa shape index (κ3) is 1.59. The summed E-state index contributed by atoms with van der Waals surface area (Å²) in [6.07, 6.45) is 3.64. The quantitative estimate of drug-likeness (QED) is 0.761. The number of pyridine rings is 1. The van der Waals surface area contributed by atoms with Gasteiger partial charge in [-0.25, -0.2) is 0 Å². The van der Waals surface area contributed by atoms with Crippen molar-refractivity contribution in [1.29, 1.82) is 0 Å². The molecule has 2 aromatic heterocycles. The van der Waals surface area contributed by atoms with E-state index in [2.05, 4.69) is 0 Å². The van der Waals surface area contributed by atoms with Gasteiger partial charge in [0.1, 0.15) is 5.75 Å². The van der Waals surface area contributed by atoms with Crippen LogP contribution in [0.4, 0.5) is 0 Å². The van der Waals surface area contributed by atoms with Crippen molar-refractivity contribution < 1.29 is 9.53 Å². The zero-order valence-electron chi connectivity index (χ0n) is 8.43. The van der Waals surface area contributed by atoms with Gasteiger partial charge in [-0.15, -0.1) is 0 Å². The van der Waals surface area contributed by atoms with E-state index in [-0.39, 0.29) is 12.3 Å². The Bertz CT molecular complexity index is 502. The number of hydrogen-bond donors (Lipinski definition) is 1. The summed E-state index contributed by atoms with van der Waals surface area (Å²) in [6, 6.07) is 5.44. The first-order chi connectivity index (χ1) is 7.26. The van der Waals surface area contributed by atoms with Crippen LogP contribution in [0.25, 0.3) is 5.52 Å². The van der Waals surface area contributed by atoms with Crippen molar-refractivity contribution in [1.82, 2.24) is 4.40 Å². The number of ether oxygens (including phenoxy) is 1. The van der Waals surface area contributed by atoms with Crippen LogP contribution in [0.1, 0.15) is 10.4 Å². The van der Waals surface area contributed by atoms with Gasteiger partial charge in [0.25, 0.3) is 0 Å². The Kier molecular flexibility index (Phi) is 2.43. The molecule has 15 heavy (non-hydrogen) atoms. The minimum absolute atomic E-state index is 0.0334. The molecule has 0 saturated carbocycles. The number of methoxy groups -OCH3 is 1. The van der Waals surface area contributed by atoms with Gasteiger partial charge in [0.05, 0.1) is 25.4 Å². The van der Waals surface area contributed by atoms with Crippen LogP contribution in [0, 0.1) is 0 Å². The van der Waals surface area contributed by atoms with Gasteiger partial charge in [-0.3, -0.25) is 4.79 Å². The highest BCUT2D eigenvalue weighted by molar-refractivity contribution is 6.03. The second-order valence-electron chi connectivity index (χ2n) is 3.22. The molecule has 0 fully saturated rings. The second kappa shape index (κ2) is 3.74. The van der Waals surface area contributed by atoms with Gasteiger partial charge in [-0.2, -0.15) is 0 Å². The Morgan fingerprint density at radius 3 is 2.93 bits per heavy atom. The molecule has 78 valence electrons. The Morgan fingerprint density at radius 2 is 2.27 bits per heavy atom. The van der Waals surface area contributed by atoms with Crippen molar-refractivity contribution in [3.05, 3.63) is 36.2 Å². The Balaban J connectivity index is 2.57. The van der Waals surface area contributed by atoms with Crippen LogP contribution < -0.4 is 10.5 Å². The fourth-order valence-corrected chi connectivity index (χ4v) is 1.56. The summed E-state index contributed by atoms with van der Waals surface area (Å²) in [6.45, 7) is 0.0334. The Morgan fingerprint density at radius 1 is 1.47 bits per heavy atom. The molecule has 0 saturated heterocycles. The van der Waals surface area contributed by atoms with E-state index in [0.29, 0.717) is 5.56 Å². The van der Waals surface area contributed by atoms with Crippen LogP contribution >= 0.6 is 0 Å². The summed E-state index contributed by atoms with van der Waals surface area (Å²) in [5.74, 6) is 0.701. The van der Waals surface area contributed by atoms with Gasteiger partial charge < -0.3 is 14.9 Å². The van der Waals surface area contributed by atoms with Crippen LogP contribution in [0.5, 0.6) is 5.75 Å². The predicted molar refractivity (Wildman–Crippen MR) is 57.3 cm³/mol. The predicted octanol–water partition coefficient (Wildman–Crippen LogP) is 1.09. The minimum atomic E-state index is -0.0531. The summed E-state index contributed by atoms with van der Waals surface area (Å²) >= 11 is 0. The molecule has 0 radical (unpaired) electrons. The average Bonchev–Trinajstić information content (AvgIpc) is 2.70. The lowest BCUT2D eigenvalue weighted by Crippen LogP contribution is -2.13. The van der Waals surface area contributed by atoms with E-state index in [4.69, 9.17) is 10.5 Å². The van der Waals surface area contributed by atoms with Crippen LogP contribution in [0.3, 0.4) is 0 Å². The molecule has 0 atom stereocenters. The normalized spacial score (nSPS) is 10.5. The number of nitrogens with two attached hydrogens (primary N) is 1. The molecule has 4 nitrogen and oxygen atoms in total. The van der Waals surface area contributed by atoms with E-state index < -0.39 is 0 Å². The van der Waals surface area contributed by atoms with Crippen molar-refractivity contribution in [3.8, 4) is 5.75 Å². The first-order valence-corrected chi connectivity index (χ1v) is 4.64. The number of hydrogen-bond acceptors (Lipinski definition) is 3. The topological polar surface area (TPSA) is 56.7 Å². The fraction of sp³-hybridized carbons (Fsp3) is 0.182. The van der Waals surface area contributed by atoms with E-state index in [9.17, 15) is 4.79 Å². The lowest BCUT2D eigenvalue weighted by Gasteiger charge is -2.02. The Labute approximate surface area is 87.3 Å². The molecule has 4 heteroatoms. The van der Waals surface area contributed by atoms with E-state index in [1.807, 2.05) is 28.9 Å². The summed E-state index contributed by atoms with van der Waals surface area (Å²) in [5, 5.41) is 0. The maximum absolute atomic E-state index is 11.5. The number of aromatic nitrogens is 1. The maximum atomic E-state index is 11.5. The third-order valence-corrected chi connectivity index (χ3v) is 2.35. The molecule has 0 aromatic carbocycles.